The zero-order chi connectivity index (χ0) is 19.1. The molecule has 142 valence electrons. The summed E-state index contributed by atoms with van der Waals surface area (Å²) in [6.07, 6.45) is 8.52. The average molecular weight is 372 g/mol. The molecule has 0 radical (unpaired) electrons. The van der Waals surface area contributed by atoms with Gasteiger partial charge < -0.3 is 4.57 Å². The molecule has 1 fully saturated rings. The molecule has 1 saturated carbocycles. The molecule has 0 saturated heterocycles. The Kier molecular flexibility index (Phi) is 4.19. The van der Waals surface area contributed by atoms with E-state index in [0.29, 0.717) is 11.8 Å². The van der Waals surface area contributed by atoms with Crippen molar-refractivity contribution in [3.63, 3.8) is 0 Å². The van der Waals surface area contributed by atoms with Crippen molar-refractivity contribution in [3.8, 4) is 11.3 Å². The van der Waals surface area contributed by atoms with Gasteiger partial charge in [-0.05, 0) is 47.9 Å². The highest BCUT2D eigenvalue weighted by Crippen LogP contribution is 2.37. The smallest absolute Gasteiger partial charge is 0.133 e. The SMILES string of the molecule is CC(Cc1nncn1C)c1cccc(-c2n[nH]c3cc(C4CCC4)cnc23)c1. The number of aryl methyl sites for hydroxylation is 1. The lowest BCUT2D eigenvalue weighted by atomic mass is 9.81. The predicted octanol–water partition coefficient (Wildman–Crippen LogP) is 4.37. The molecule has 0 amide bonds. The number of H-pyrrole nitrogens is 1. The maximum absolute atomic E-state index is 4.75. The molecular formula is C22H24N6. The lowest BCUT2D eigenvalue weighted by Crippen LogP contribution is -2.08. The Hall–Kier alpha value is -3.02. The molecule has 28 heavy (non-hydrogen) atoms. The normalized spacial score (nSPS) is 15.6. The first kappa shape index (κ1) is 17.1. The highest BCUT2D eigenvalue weighted by molar-refractivity contribution is 5.89. The zero-order valence-corrected chi connectivity index (χ0v) is 16.3. The zero-order valence-electron chi connectivity index (χ0n) is 16.3. The van der Waals surface area contributed by atoms with E-state index in [0.717, 1.165) is 34.5 Å². The maximum atomic E-state index is 4.75. The molecule has 1 N–H and O–H groups in total. The van der Waals surface area contributed by atoms with Crippen LogP contribution >= 0.6 is 0 Å². The Morgan fingerprint density at radius 3 is 2.89 bits per heavy atom. The van der Waals surface area contributed by atoms with E-state index in [1.807, 2.05) is 17.8 Å². The van der Waals surface area contributed by atoms with Crippen LogP contribution in [0.15, 0.2) is 42.9 Å². The molecule has 0 bridgehead atoms. The van der Waals surface area contributed by atoms with Gasteiger partial charge >= 0.3 is 0 Å². The number of aromatic amines is 1. The van der Waals surface area contributed by atoms with Crippen LogP contribution in [-0.4, -0.2) is 29.9 Å². The van der Waals surface area contributed by atoms with Crippen LogP contribution in [0.4, 0.5) is 0 Å². The van der Waals surface area contributed by atoms with Crippen molar-refractivity contribution in [3.05, 3.63) is 59.8 Å². The quantitative estimate of drug-likeness (QED) is 0.565. The minimum Gasteiger partial charge on any atom is -0.321 e. The van der Waals surface area contributed by atoms with Crippen molar-refractivity contribution >= 4 is 11.0 Å². The second kappa shape index (κ2) is 6.86. The highest BCUT2D eigenvalue weighted by atomic mass is 15.2. The Morgan fingerprint density at radius 2 is 2.14 bits per heavy atom. The summed E-state index contributed by atoms with van der Waals surface area (Å²) in [7, 11) is 1.98. The molecule has 1 aliphatic rings. The van der Waals surface area contributed by atoms with E-state index in [1.165, 1.54) is 30.4 Å². The van der Waals surface area contributed by atoms with Crippen molar-refractivity contribution in [1.82, 2.24) is 29.9 Å². The Balaban J connectivity index is 1.45. The van der Waals surface area contributed by atoms with Crippen molar-refractivity contribution in [2.75, 3.05) is 0 Å². The average Bonchev–Trinajstić information content (AvgIpc) is 3.26. The summed E-state index contributed by atoms with van der Waals surface area (Å²) in [6, 6.07) is 10.8. The molecule has 1 atom stereocenters. The van der Waals surface area contributed by atoms with Crippen molar-refractivity contribution in [2.24, 2.45) is 7.05 Å². The minimum absolute atomic E-state index is 0.339. The van der Waals surface area contributed by atoms with E-state index in [1.54, 1.807) is 6.33 Å². The number of aromatic nitrogens is 6. The second-order valence-corrected chi connectivity index (χ2v) is 7.95. The van der Waals surface area contributed by atoms with Crippen LogP contribution in [0.2, 0.25) is 0 Å². The predicted molar refractivity (Wildman–Crippen MR) is 109 cm³/mol. The summed E-state index contributed by atoms with van der Waals surface area (Å²) in [5.74, 6) is 2.01. The number of benzene rings is 1. The van der Waals surface area contributed by atoms with Gasteiger partial charge in [0.05, 0.1) is 5.52 Å². The van der Waals surface area contributed by atoms with E-state index >= 15 is 0 Å². The van der Waals surface area contributed by atoms with Crippen molar-refractivity contribution < 1.29 is 0 Å². The van der Waals surface area contributed by atoms with Gasteiger partial charge in [0, 0.05) is 25.2 Å². The monoisotopic (exact) mass is 372 g/mol. The van der Waals surface area contributed by atoms with Gasteiger partial charge in [-0.1, -0.05) is 31.5 Å². The van der Waals surface area contributed by atoms with E-state index < -0.39 is 0 Å². The van der Waals surface area contributed by atoms with Gasteiger partial charge in [0.15, 0.2) is 0 Å². The molecule has 6 nitrogen and oxygen atoms in total. The minimum atomic E-state index is 0.339. The Bertz CT molecular complexity index is 1120. The number of nitrogens with one attached hydrogen (secondary N) is 1. The third-order valence-corrected chi connectivity index (χ3v) is 6.02. The molecule has 1 aliphatic carbocycles. The topological polar surface area (TPSA) is 72.3 Å². The second-order valence-electron chi connectivity index (χ2n) is 7.95. The highest BCUT2D eigenvalue weighted by Gasteiger charge is 2.21. The molecule has 5 rings (SSSR count). The number of fused-ring (bicyclic) bond motifs is 1. The van der Waals surface area contributed by atoms with E-state index in [-0.39, 0.29) is 0 Å². The first-order chi connectivity index (χ1) is 13.7. The van der Waals surface area contributed by atoms with Crippen molar-refractivity contribution in [2.45, 2.75) is 44.4 Å². The van der Waals surface area contributed by atoms with Gasteiger partial charge in [-0.3, -0.25) is 10.1 Å². The maximum Gasteiger partial charge on any atom is 0.133 e. The summed E-state index contributed by atoms with van der Waals surface area (Å²) < 4.78 is 1.98. The molecule has 3 aromatic heterocycles. The van der Waals surface area contributed by atoms with Crippen LogP contribution < -0.4 is 0 Å². The van der Waals surface area contributed by atoms with E-state index in [9.17, 15) is 0 Å². The van der Waals surface area contributed by atoms with Gasteiger partial charge in [0.2, 0.25) is 0 Å². The summed E-state index contributed by atoms with van der Waals surface area (Å²) >= 11 is 0. The third kappa shape index (κ3) is 2.99. The molecule has 0 spiro atoms. The Labute approximate surface area is 164 Å². The summed E-state index contributed by atoms with van der Waals surface area (Å²) in [5.41, 5.74) is 6.58. The number of hydrogen-bond acceptors (Lipinski definition) is 4. The number of hydrogen-bond donors (Lipinski definition) is 1. The lowest BCUT2D eigenvalue weighted by Gasteiger charge is -2.25. The van der Waals surface area contributed by atoms with E-state index in [2.05, 4.69) is 57.7 Å². The van der Waals surface area contributed by atoms with Gasteiger partial charge in [0.1, 0.15) is 23.4 Å². The van der Waals surface area contributed by atoms with Gasteiger partial charge in [-0.25, -0.2) is 0 Å². The molecule has 1 aromatic carbocycles. The molecular weight excluding hydrogens is 348 g/mol. The van der Waals surface area contributed by atoms with Gasteiger partial charge in [-0.2, -0.15) is 5.10 Å². The van der Waals surface area contributed by atoms with Crippen LogP contribution in [-0.2, 0) is 13.5 Å². The first-order valence-electron chi connectivity index (χ1n) is 9.96. The standard InChI is InChI=1S/C22H24N6/c1-14(9-20-26-24-13-28(20)2)16-7-4-8-17(10-16)21-22-19(25-27-21)11-18(12-23-22)15-5-3-6-15/h4,7-8,10-15H,3,5-6,9H2,1-2H3,(H,25,27). The lowest BCUT2D eigenvalue weighted by molar-refractivity contribution is 0.419. The fourth-order valence-electron chi connectivity index (χ4n) is 3.97. The van der Waals surface area contributed by atoms with Crippen LogP contribution in [0.5, 0.6) is 0 Å². The summed E-state index contributed by atoms with van der Waals surface area (Å²) in [4.78, 5) is 4.75. The van der Waals surface area contributed by atoms with Crippen LogP contribution in [0.1, 0.15) is 55.0 Å². The fourth-order valence-corrected chi connectivity index (χ4v) is 3.97. The number of nitrogens with zero attached hydrogens (tertiary/aromatic N) is 5. The van der Waals surface area contributed by atoms with E-state index in [4.69, 9.17) is 4.98 Å². The molecule has 1 unspecified atom stereocenters. The summed E-state index contributed by atoms with van der Waals surface area (Å²) in [5, 5.41) is 16.0. The van der Waals surface area contributed by atoms with Crippen LogP contribution in [0.3, 0.4) is 0 Å². The largest absolute Gasteiger partial charge is 0.321 e. The molecule has 4 aromatic rings. The van der Waals surface area contributed by atoms with Gasteiger partial charge in [-0.15, -0.1) is 10.2 Å². The number of rotatable bonds is 5. The number of pyridine rings is 1. The third-order valence-electron chi connectivity index (χ3n) is 6.02. The molecule has 6 heteroatoms. The first-order valence-corrected chi connectivity index (χ1v) is 9.96. The van der Waals surface area contributed by atoms with Crippen LogP contribution in [0, 0.1) is 0 Å². The molecule has 3 heterocycles. The molecule has 0 aliphatic heterocycles. The Morgan fingerprint density at radius 1 is 1.25 bits per heavy atom. The van der Waals surface area contributed by atoms with Crippen molar-refractivity contribution in [1.29, 1.82) is 0 Å². The van der Waals surface area contributed by atoms with Crippen LogP contribution in [0.25, 0.3) is 22.3 Å². The fraction of sp³-hybridized carbons (Fsp3) is 0.364. The summed E-state index contributed by atoms with van der Waals surface area (Å²) in [6.45, 7) is 2.22. The van der Waals surface area contributed by atoms with Gasteiger partial charge in [0.25, 0.3) is 0 Å².